The second-order valence-electron chi connectivity index (χ2n) is 7.51. The van der Waals surface area contributed by atoms with Crippen LogP contribution >= 0.6 is 0 Å². The maximum absolute atomic E-state index is 12.8. The van der Waals surface area contributed by atoms with E-state index in [1.807, 2.05) is 80.8 Å². The van der Waals surface area contributed by atoms with Gasteiger partial charge in [-0.1, -0.05) is 30.3 Å². The summed E-state index contributed by atoms with van der Waals surface area (Å²) in [5, 5.41) is 0.778. The number of rotatable bonds is 4. The lowest BCUT2D eigenvalue weighted by Gasteiger charge is -2.11. The number of nitrogens with zero attached hydrogens (tertiary/aromatic N) is 1. The molecular formula is C25H23NO4. The summed E-state index contributed by atoms with van der Waals surface area (Å²) in [5.74, 6) is -0.421. The van der Waals surface area contributed by atoms with Gasteiger partial charge in [0.25, 0.3) is 0 Å². The molecule has 5 nitrogen and oxygen atoms in total. The van der Waals surface area contributed by atoms with Crippen molar-refractivity contribution in [1.29, 1.82) is 0 Å². The molecule has 0 saturated heterocycles. The van der Waals surface area contributed by atoms with Crippen LogP contribution < -0.4 is 5.63 Å². The predicted molar refractivity (Wildman–Crippen MR) is 116 cm³/mol. The van der Waals surface area contributed by atoms with E-state index in [0.29, 0.717) is 16.7 Å². The normalized spacial score (nSPS) is 11.1. The van der Waals surface area contributed by atoms with Gasteiger partial charge in [-0.05, 0) is 57.0 Å². The van der Waals surface area contributed by atoms with Crippen molar-refractivity contribution in [3.8, 4) is 5.69 Å². The molecule has 0 radical (unpaired) electrons. The van der Waals surface area contributed by atoms with E-state index in [4.69, 9.17) is 9.15 Å². The van der Waals surface area contributed by atoms with Crippen LogP contribution in [0, 0.1) is 27.7 Å². The number of benzene rings is 2. The Morgan fingerprint density at radius 3 is 2.47 bits per heavy atom. The van der Waals surface area contributed by atoms with Gasteiger partial charge in [0.1, 0.15) is 12.2 Å². The Hall–Kier alpha value is -3.60. The zero-order valence-corrected chi connectivity index (χ0v) is 17.5. The van der Waals surface area contributed by atoms with Gasteiger partial charge in [-0.2, -0.15) is 0 Å². The minimum atomic E-state index is -0.454. The lowest BCUT2D eigenvalue weighted by atomic mass is 10.0. The number of hydrogen-bond acceptors (Lipinski definition) is 4. The first-order valence-electron chi connectivity index (χ1n) is 9.81. The highest BCUT2D eigenvalue weighted by Crippen LogP contribution is 2.25. The fourth-order valence-corrected chi connectivity index (χ4v) is 3.81. The molecular weight excluding hydrogens is 378 g/mol. The number of fused-ring (bicyclic) bond motifs is 1. The number of aromatic nitrogens is 1. The van der Waals surface area contributed by atoms with E-state index in [2.05, 4.69) is 0 Å². The van der Waals surface area contributed by atoms with Gasteiger partial charge in [0.15, 0.2) is 0 Å². The zero-order valence-electron chi connectivity index (χ0n) is 17.5. The summed E-state index contributed by atoms with van der Waals surface area (Å²) >= 11 is 0. The van der Waals surface area contributed by atoms with Crippen LogP contribution in [0.25, 0.3) is 16.7 Å². The number of carbonyl (C=O) groups excluding carboxylic acids is 1. The van der Waals surface area contributed by atoms with E-state index in [1.165, 1.54) is 6.07 Å². The molecule has 0 spiro atoms. The summed E-state index contributed by atoms with van der Waals surface area (Å²) in [6.07, 6.45) is 0. The smallest absolute Gasteiger partial charge is 0.340 e. The first-order valence-corrected chi connectivity index (χ1v) is 9.81. The standard InChI is InChI=1S/C25H23NO4/c1-15-10-11-21-19(13-23(27)30-24(21)17(15)3)14-29-25(28)22-12-16(2)26(18(22)4)20-8-6-5-7-9-20/h5-13H,14H2,1-4H3. The average molecular weight is 401 g/mol. The largest absolute Gasteiger partial charge is 0.457 e. The fourth-order valence-electron chi connectivity index (χ4n) is 3.81. The second-order valence-corrected chi connectivity index (χ2v) is 7.51. The third kappa shape index (κ3) is 3.43. The molecule has 0 saturated carbocycles. The molecule has 4 rings (SSSR count). The summed E-state index contributed by atoms with van der Waals surface area (Å²) < 4.78 is 13.0. The topological polar surface area (TPSA) is 61.4 Å². The van der Waals surface area contributed by atoms with E-state index in [0.717, 1.165) is 33.6 Å². The van der Waals surface area contributed by atoms with Gasteiger partial charge < -0.3 is 13.7 Å². The maximum Gasteiger partial charge on any atom is 0.340 e. The monoisotopic (exact) mass is 401 g/mol. The first-order chi connectivity index (χ1) is 14.4. The van der Waals surface area contributed by atoms with Gasteiger partial charge >= 0.3 is 11.6 Å². The van der Waals surface area contributed by atoms with Gasteiger partial charge in [-0.15, -0.1) is 0 Å². The number of ether oxygens (including phenoxy) is 1. The first kappa shape index (κ1) is 19.7. The summed E-state index contributed by atoms with van der Waals surface area (Å²) in [7, 11) is 0. The van der Waals surface area contributed by atoms with Crippen LogP contribution in [-0.2, 0) is 11.3 Å². The van der Waals surface area contributed by atoms with Crippen LogP contribution in [0.2, 0.25) is 0 Å². The molecule has 0 aliphatic rings. The fraction of sp³-hybridized carbons (Fsp3) is 0.200. The lowest BCUT2D eigenvalue weighted by molar-refractivity contribution is 0.0473. The molecule has 5 heteroatoms. The van der Waals surface area contributed by atoms with Crippen molar-refractivity contribution >= 4 is 16.9 Å². The summed E-state index contributed by atoms with van der Waals surface area (Å²) in [6, 6.07) is 16.9. The molecule has 0 atom stereocenters. The van der Waals surface area contributed by atoms with E-state index in [9.17, 15) is 9.59 Å². The SMILES string of the molecule is Cc1ccc2c(COC(=O)c3cc(C)n(-c4ccccc4)c3C)cc(=O)oc2c1C. The molecule has 2 aromatic carbocycles. The second kappa shape index (κ2) is 7.67. The average Bonchev–Trinajstić information content (AvgIpc) is 3.03. The highest BCUT2D eigenvalue weighted by Gasteiger charge is 2.19. The minimum absolute atomic E-state index is 0.00155. The molecule has 0 amide bonds. The number of para-hydroxylation sites is 1. The van der Waals surface area contributed by atoms with Crippen LogP contribution in [0.15, 0.2) is 63.8 Å². The number of aryl methyl sites for hydroxylation is 3. The molecule has 0 bridgehead atoms. The molecule has 4 aromatic rings. The molecule has 0 fully saturated rings. The molecule has 0 aliphatic heterocycles. The van der Waals surface area contributed by atoms with Gasteiger partial charge in [0.05, 0.1) is 5.56 Å². The molecule has 0 N–H and O–H groups in total. The quantitative estimate of drug-likeness (QED) is 0.349. The maximum atomic E-state index is 12.8. The number of esters is 1. The van der Waals surface area contributed by atoms with E-state index < -0.39 is 11.6 Å². The Morgan fingerprint density at radius 2 is 1.73 bits per heavy atom. The molecule has 2 aromatic heterocycles. The number of hydrogen-bond donors (Lipinski definition) is 0. The molecule has 0 aliphatic carbocycles. The Labute approximate surface area is 174 Å². The summed E-state index contributed by atoms with van der Waals surface area (Å²) in [6.45, 7) is 7.73. The van der Waals surface area contributed by atoms with E-state index >= 15 is 0 Å². The summed E-state index contributed by atoms with van der Waals surface area (Å²) in [4.78, 5) is 24.9. The van der Waals surface area contributed by atoms with Crippen molar-refractivity contribution < 1.29 is 13.9 Å². The van der Waals surface area contributed by atoms with Gasteiger partial charge in [-0.25, -0.2) is 9.59 Å². The minimum Gasteiger partial charge on any atom is -0.457 e. The van der Waals surface area contributed by atoms with Crippen LogP contribution in [-0.4, -0.2) is 10.5 Å². The summed E-state index contributed by atoms with van der Waals surface area (Å²) in [5.41, 5.74) is 5.92. The van der Waals surface area contributed by atoms with Gasteiger partial charge in [0.2, 0.25) is 0 Å². The van der Waals surface area contributed by atoms with E-state index in [-0.39, 0.29) is 6.61 Å². The predicted octanol–water partition coefficient (Wildman–Crippen LogP) is 5.17. The Balaban J connectivity index is 1.64. The number of carbonyl (C=O) groups is 1. The van der Waals surface area contributed by atoms with Crippen LogP contribution in [0.5, 0.6) is 0 Å². The Kier molecular flexibility index (Phi) is 5.04. The molecule has 2 heterocycles. The third-order valence-corrected chi connectivity index (χ3v) is 5.54. The molecule has 152 valence electrons. The Morgan fingerprint density at radius 1 is 1.00 bits per heavy atom. The van der Waals surface area contributed by atoms with Gasteiger partial charge in [-0.3, -0.25) is 0 Å². The Bertz CT molecular complexity index is 1310. The molecule has 30 heavy (non-hydrogen) atoms. The van der Waals surface area contributed by atoms with Crippen LogP contribution in [0.4, 0.5) is 0 Å². The van der Waals surface area contributed by atoms with Crippen LogP contribution in [0.1, 0.15) is 38.4 Å². The molecule has 0 unspecified atom stereocenters. The third-order valence-electron chi connectivity index (χ3n) is 5.54. The highest BCUT2D eigenvalue weighted by atomic mass is 16.5. The lowest BCUT2D eigenvalue weighted by Crippen LogP contribution is -2.09. The van der Waals surface area contributed by atoms with Crippen molar-refractivity contribution in [2.24, 2.45) is 0 Å². The van der Waals surface area contributed by atoms with Crippen molar-refractivity contribution in [3.05, 3.63) is 98.7 Å². The zero-order chi connectivity index (χ0) is 21.4. The van der Waals surface area contributed by atoms with Crippen molar-refractivity contribution in [2.45, 2.75) is 34.3 Å². The van der Waals surface area contributed by atoms with Crippen molar-refractivity contribution in [3.63, 3.8) is 0 Å². The van der Waals surface area contributed by atoms with E-state index in [1.54, 1.807) is 0 Å². The van der Waals surface area contributed by atoms with Crippen LogP contribution in [0.3, 0.4) is 0 Å². The van der Waals surface area contributed by atoms with Crippen molar-refractivity contribution in [1.82, 2.24) is 4.57 Å². The highest BCUT2D eigenvalue weighted by molar-refractivity contribution is 5.91. The van der Waals surface area contributed by atoms with Gasteiger partial charge in [0, 0.05) is 34.1 Å². The van der Waals surface area contributed by atoms with Crippen molar-refractivity contribution in [2.75, 3.05) is 0 Å².